The van der Waals surface area contributed by atoms with Crippen LogP contribution < -0.4 is 5.73 Å². The summed E-state index contributed by atoms with van der Waals surface area (Å²) >= 11 is 0. The van der Waals surface area contributed by atoms with Crippen LogP contribution in [0.25, 0.3) is 0 Å². The van der Waals surface area contributed by atoms with Gasteiger partial charge >= 0.3 is 0 Å². The number of amidine groups is 1. The molecule has 0 spiro atoms. The smallest absolute Gasteiger partial charge is 0.170 e. The quantitative estimate of drug-likeness (QED) is 0.419. The lowest BCUT2D eigenvalue weighted by Crippen LogP contribution is -2.31. The lowest BCUT2D eigenvalue weighted by atomic mass is 9.76. The van der Waals surface area contributed by atoms with Crippen molar-refractivity contribution >= 4 is 11.6 Å². The minimum absolute atomic E-state index is 0.000625. The summed E-state index contributed by atoms with van der Waals surface area (Å²) in [7, 11) is 0. The van der Waals surface area contributed by atoms with Crippen LogP contribution >= 0.6 is 0 Å². The van der Waals surface area contributed by atoms with Crippen molar-refractivity contribution in [2.75, 3.05) is 0 Å². The number of hydrogen-bond acceptors (Lipinski definition) is 3. The number of rotatable bonds is 1. The molecular formula is C9H14N2O2. The number of carbonyl (C=O) groups excluding carboxylic acids is 1. The molecule has 0 bridgehead atoms. The van der Waals surface area contributed by atoms with Gasteiger partial charge in [0.2, 0.25) is 0 Å². The highest BCUT2D eigenvalue weighted by atomic mass is 16.3. The van der Waals surface area contributed by atoms with Gasteiger partial charge in [-0.15, -0.1) is 0 Å². The van der Waals surface area contributed by atoms with E-state index in [4.69, 9.17) is 11.1 Å². The van der Waals surface area contributed by atoms with E-state index in [2.05, 4.69) is 0 Å². The Morgan fingerprint density at radius 2 is 2.08 bits per heavy atom. The Bertz CT molecular complexity index is 303. The summed E-state index contributed by atoms with van der Waals surface area (Å²) in [5.41, 5.74) is 4.96. The molecule has 1 rings (SSSR count). The lowest BCUT2D eigenvalue weighted by Gasteiger charge is -2.28. The van der Waals surface area contributed by atoms with Crippen molar-refractivity contribution in [1.82, 2.24) is 0 Å². The van der Waals surface area contributed by atoms with Crippen molar-refractivity contribution in [2.45, 2.75) is 26.7 Å². The van der Waals surface area contributed by atoms with Crippen LogP contribution in [0.5, 0.6) is 0 Å². The molecule has 0 aromatic carbocycles. The van der Waals surface area contributed by atoms with E-state index < -0.39 is 0 Å². The lowest BCUT2D eigenvalue weighted by molar-refractivity contribution is -0.117. The molecule has 0 aromatic rings. The standard InChI is InChI=1S/C9H14N2O2/c1-9(2)3-5(12)7(8(10)11)6(13)4-9/h12H,3-4H2,1-2H3,(H3,10,11). The first-order valence-corrected chi connectivity index (χ1v) is 4.13. The molecule has 4 heteroatoms. The van der Waals surface area contributed by atoms with Crippen molar-refractivity contribution in [3.8, 4) is 0 Å². The van der Waals surface area contributed by atoms with Crippen molar-refractivity contribution in [1.29, 1.82) is 5.41 Å². The topological polar surface area (TPSA) is 87.2 Å². The second-order valence-electron chi connectivity index (χ2n) is 4.18. The Hall–Kier alpha value is -1.32. The molecule has 4 nitrogen and oxygen atoms in total. The van der Waals surface area contributed by atoms with E-state index in [1.54, 1.807) is 0 Å². The van der Waals surface area contributed by atoms with Crippen LogP contribution in [-0.2, 0) is 4.79 Å². The summed E-state index contributed by atoms with van der Waals surface area (Å²) < 4.78 is 0. The van der Waals surface area contributed by atoms with E-state index in [0.717, 1.165) is 0 Å². The fraction of sp³-hybridized carbons (Fsp3) is 0.556. The zero-order valence-corrected chi connectivity index (χ0v) is 7.85. The van der Waals surface area contributed by atoms with Crippen LogP contribution in [0.3, 0.4) is 0 Å². The zero-order valence-electron chi connectivity index (χ0n) is 7.85. The van der Waals surface area contributed by atoms with Crippen LogP contribution in [0.1, 0.15) is 26.7 Å². The number of hydrogen-bond donors (Lipinski definition) is 3. The molecule has 0 heterocycles. The predicted molar refractivity (Wildman–Crippen MR) is 49.6 cm³/mol. The number of allylic oxidation sites excluding steroid dienone is 1. The fourth-order valence-corrected chi connectivity index (χ4v) is 1.59. The molecule has 0 aromatic heterocycles. The van der Waals surface area contributed by atoms with Crippen LogP contribution in [0, 0.1) is 10.8 Å². The van der Waals surface area contributed by atoms with E-state index in [1.165, 1.54) is 0 Å². The second kappa shape index (κ2) is 2.87. The SMILES string of the molecule is CC1(C)CC(=O)C(C(=N)N)=C(O)C1. The van der Waals surface area contributed by atoms with Gasteiger partial charge in [0, 0.05) is 12.8 Å². The molecule has 0 saturated carbocycles. The number of nitrogens with two attached hydrogens (primary N) is 1. The maximum atomic E-state index is 11.4. The normalized spacial score (nSPS) is 21.8. The predicted octanol–water partition coefficient (Wildman–Crippen LogP) is 1.12. The van der Waals surface area contributed by atoms with Crippen LogP contribution in [0.2, 0.25) is 0 Å². The molecule has 0 atom stereocenters. The largest absolute Gasteiger partial charge is 0.511 e. The van der Waals surface area contributed by atoms with Crippen molar-refractivity contribution in [2.24, 2.45) is 11.1 Å². The van der Waals surface area contributed by atoms with Crippen molar-refractivity contribution in [3.63, 3.8) is 0 Å². The van der Waals surface area contributed by atoms with Crippen LogP contribution in [0.15, 0.2) is 11.3 Å². The summed E-state index contributed by atoms with van der Waals surface area (Å²) in [6.45, 7) is 3.80. The van der Waals surface area contributed by atoms with E-state index in [9.17, 15) is 9.90 Å². The third-order valence-electron chi connectivity index (χ3n) is 2.12. The van der Waals surface area contributed by atoms with Gasteiger partial charge < -0.3 is 10.8 Å². The molecule has 0 amide bonds. The molecule has 0 saturated heterocycles. The van der Waals surface area contributed by atoms with E-state index in [1.807, 2.05) is 13.8 Å². The number of ketones is 1. The van der Waals surface area contributed by atoms with Crippen LogP contribution in [-0.4, -0.2) is 16.7 Å². The van der Waals surface area contributed by atoms with Gasteiger partial charge in [-0.3, -0.25) is 10.2 Å². The maximum absolute atomic E-state index is 11.4. The van der Waals surface area contributed by atoms with E-state index >= 15 is 0 Å². The molecule has 0 radical (unpaired) electrons. The average Bonchev–Trinajstić information content (AvgIpc) is 1.78. The third-order valence-corrected chi connectivity index (χ3v) is 2.12. The van der Waals surface area contributed by atoms with Gasteiger partial charge in [0.05, 0.1) is 5.57 Å². The summed E-state index contributed by atoms with van der Waals surface area (Å²) in [6, 6.07) is 0. The monoisotopic (exact) mass is 182 g/mol. The van der Waals surface area contributed by atoms with Crippen LogP contribution in [0.4, 0.5) is 0 Å². The number of Topliss-reactive ketones (excluding diaryl/α,β-unsaturated/α-hetero) is 1. The number of aliphatic hydroxyl groups is 1. The Morgan fingerprint density at radius 3 is 2.46 bits per heavy atom. The first-order chi connectivity index (χ1) is 5.83. The highest BCUT2D eigenvalue weighted by Crippen LogP contribution is 2.35. The number of aliphatic hydroxyl groups excluding tert-OH is 1. The van der Waals surface area contributed by atoms with Gasteiger partial charge in [0.15, 0.2) is 5.78 Å². The molecule has 1 aliphatic carbocycles. The molecule has 0 aliphatic heterocycles. The maximum Gasteiger partial charge on any atom is 0.170 e. The Morgan fingerprint density at radius 1 is 1.54 bits per heavy atom. The zero-order chi connectivity index (χ0) is 10.2. The molecule has 13 heavy (non-hydrogen) atoms. The summed E-state index contributed by atoms with van der Waals surface area (Å²) in [4.78, 5) is 11.4. The Kier molecular flexibility index (Phi) is 2.15. The highest BCUT2D eigenvalue weighted by Gasteiger charge is 2.33. The molecule has 1 aliphatic rings. The summed E-state index contributed by atoms with van der Waals surface area (Å²) in [5.74, 6) is -0.618. The van der Waals surface area contributed by atoms with E-state index in [0.29, 0.717) is 12.8 Å². The number of nitrogens with one attached hydrogen (secondary N) is 1. The summed E-state index contributed by atoms with van der Waals surface area (Å²) in [6.07, 6.45) is 0.750. The fourth-order valence-electron chi connectivity index (χ4n) is 1.59. The molecule has 0 fully saturated rings. The number of carbonyl (C=O) groups is 1. The van der Waals surface area contributed by atoms with Gasteiger partial charge in [-0.2, -0.15) is 0 Å². The van der Waals surface area contributed by atoms with Crippen molar-refractivity contribution < 1.29 is 9.90 Å². The summed E-state index contributed by atoms with van der Waals surface area (Å²) in [5, 5.41) is 16.6. The Labute approximate surface area is 76.9 Å². The highest BCUT2D eigenvalue weighted by molar-refractivity contribution is 6.20. The van der Waals surface area contributed by atoms with Gasteiger partial charge in [-0.1, -0.05) is 13.8 Å². The van der Waals surface area contributed by atoms with Gasteiger partial charge in [0.25, 0.3) is 0 Å². The minimum atomic E-state index is -0.335. The average molecular weight is 182 g/mol. The van der Waals surface area contributed by atoms with Gasteiger partial charge in [-0.25, -0.2) is 0 Å². The second-order valence-corrected chi connectivity index (χ2v) is 4.18. The molecular weight excluding hydrogens is 168 g/mol. The van der Waals surface area contributed by atoms with E-state index in [-0.39, 0.29) is 28.4 Å². The first kappa shape index (κ1) is 9.77. The molecule has 72 valence electrons. The van der Waals surface area contributed by atoms with Gasteiger partial charge in [0.1, 0.15) is 11.6 Å². The van der Waals surface area contributed by atoms with Gasteiger partial charge in [-0.05, 0) is 5.41 Å². The molecule has 0 unspecified atom stereocenters. The molecule has 4 N–H and O–H groups in total. The Balaban J connectivity index is 3.09. The van der Waals surface area contributed by atoms with Crippen molar-refractivity contribution in [3.05, 3.63) is 11.3 Å². The first-order valence-electron chi connectivity index (χ1n) is 4.13. The minimum Gasteiger partial charge on any atom is -0.511 e. The third kappa shape index (κ3) is 1.88.